The zero-order valence-electron chi connectivity index (χ0n) is 13.1. The molecule has 0 N–H and O–H groups in total. The van der Waals surface area contributed by atoms with Crippen molar-refractivity contribution in [3.63, 3.8) is 0 Å². The topological polar surface area (TPSA) is 21.7 Å². The molecule has 3 nitrogen and oxygen atoms in total. The molecule has 0 heterocycles. The number of halogens is 3. The number of rotatable bonds is 5. The Bertz CT molecular complexity index is 652. The Kier molecular flexibility index (Phi) is 5.15. The number of benzene rings is 2. The first-order valence-electron chi connectivity index (χ1n) is 7.01. The highest BCUT2D eigenvalue weighted by Crippen LogP contribution is 2.30. The van der Waals surface area contributed by atoms with Gasteiger partial charge >= 0.3 is 6.36 Å². The van der Waals surface area contributed by atoms with Crippen LogP contribution in [0.25, 0.3) is 0 Å². The van der Waals surface area contributed by atoms with Crippen LogP contribution in [0.5, 0.6) is 17.2 Å². The van der Waals surface area contributed by atoms with E-state index in [2.05, 4.69) is 4.74 Å². The Hall–Kier alpha value is -2.21. The molecule has 0 aromatic heterocycles. The molecule has 0 spiro atoms. The Balaban J connectivity index is 2.16. The molecular formula is C17H18F3NO2. The highest BCUT2D eigenvalue weighted by atomic mass is 19.4. The van der Waals surface area contributed by atoms with Gasteiger partial charge in [0.1, 0.15) is 17.2 Å². The molecule has 0 unspecified atom stereocenters. The summed E-state index contributed by atoms with van der Waals surface area (Å²) in [5.41, 5.74) is 2.12. The maximum absolute atomic E-state index is 12.1. The molecule has 124 valence electrons. The molecule has 0 fully saturated rings. The van der Waals surface area contributed by atoms with Crippen molar-refractivity contribution in [1.29, 1.82) is 0 Å². The van der Waals surface area contributed by atoms with E-state index >= 15 is 0 Å². The van der Waals surface area contributed by atoms with Gasteiger partial charge in [0.15, 0.2) is 0 Å². The highest BCUT2D eigenvalue weighted by Gasteiger charge is 2.30. The smallest absolute Gasteiger partial charge is 0.457 e. The van der Waals surface area contributed by atoms with E-state index in [9.17, 15) is 13.2 Å². The third-order valence-corrected chi connectivity index (χ3v) is 2.99. The van der Waals surface area contributed by atoms with Gasteiger partial charge < -0.3 is 14.4 Å². The molecule has 0 radical (unpaired) electrons. The zero-order chi connectivity index (χ0) is 17.0. The summed E-state index contributed by atoms with van der Waals surface area (Å²) in [6.45, 7) is 2.69. The number of ether oxygens (including phenoxy) is 2. The minimum Gasteiger partial charge on any atom is -0.457 e. The standard InChI is InChI=1S/C17H18F3NO2/c1-12-4-9-16(13(10-12)11-21(2)3)22-14-5-7-15(8-6-14)23-17(18,19)20/h4-10H,11H2,1-3H3. The van der Waals surface area contributed by atoms with Crippen molar-refractivity contribution in [2.24, 2.45) is 0 Å². The monoisotopic (exact) mass is 325 g/mol. The second-order valence-corrected chi connectivity index (χ2v) is 5.47. The Morgan fingerprint density at radius 1 is 0.957 bits per heavy atom. The van der Waals surface area contributed by atoms with Gasteiger partial charge in [0.05, 0.1) is 0 Å². The second-order valence-electron chi connectivity index (χ2n) is 5.47. The van der Waals surface area contributed by atoms with Crippen molar-refractivity contribution in [2.45, 2.75) is 19.8 Å². The van der Waals surface area contributed by atoms with Crippen molar-refractivity contribution in [2.75, 3.05) is 14.1 Å². The Morgan fingerprint density at radius 2 is 1.57 bits per heavy atom. The normalized spacial score (nSPS) is 11.6. The van der Waals surface area contributed by atoms with E-state index in [-0.39, 0.29) is 5.75 Å². The fourth-order valence-corrected chi connectivity index (χ4v) is 2.11. The summed E-state index contributed by atoms with van der Waals surface area (Å²) in [7, 11) is 3.91. The number of nitrogens with zero attached hydrogens (tertiary/aromatic N) is 1. The molecule has 0 bridgehead atoms. The maximum Gasteiger partial charge on any atom is 0.573 e. The fourth-order valence-electron chi connectivity index (χ4n) is 2.11. The van der Waals surface area contributed by atoms with E-state index in [4.69, 9.17) is 4.74 Å². The third kappa shape index (κ3) is 5.49. The van der Waals surface area contributed by atoms with Crippen molar-refractivity contribution in [1.82, 2.24) is 4.90 Å². The summed E-state index contributed by atoms with van der Waals surface area (Å²) in [5, 5.41) is 0. The van der Waals surface area contributed by atoms with Crippen LogP contribution in [0.4, 0.5) is 13.2 Å². The first kappa shape index (κ1) is 17.1. The van der Waals surface area contributed by atoms with Crippen molar-refractivity contribution >= 4 is 0 Å². The van der Waals surface area contributed by atoms with E-state index in [1.54, 1.807) is 0 Å². The molecule has 2 aromatic rings. The predicted molar refractivity (Wildman–Crippen MR) is 81.8 cm³/mol. The van der Waals surface area contributed by atoms with Crippen LogP contribution >= 0.6 is 0 Å². The van der Waals surface area contributed by atoms with E-state index in [0.717, 1.165) is 11.1 Å². The number of hydrogen-bond donors (Lipinski definition) is 0. The van der Waals surface area contributed by atoms with Crippen LogP contribution in [0, 0.1) is 6.92 Å². The van der Waals surface area contributed by atoms with Gasteiger partial charge in [-0.2, -0.15) is 0 Å². The predicted octanol–water partition coefficient (Wildman–Crippen LogP) is 4.75. The molecular weight excluding hydrogens is 307 g/mol. The molecule has 0 aliphatic carbocycles. The second kappa shape index (κ2) is 6.91. The zero-order valence-corrected chi connectivity index (χ0v) is 13.1. The van der Waals surface area contributed by atoms with Crippen molar-refractivity contribution < 1.29 is 22.6 Å². The molecule has 2 aromatic carbocycles. The van der Waals surface area contributed by atoms with Crippen molar-refractivity contribution in [3.8, 4) is 17.2 Å². The van der Waals surface area contributed by atoms with Gasteiger partial charge in [-0.05, 0) is 51.4 Å². The van der Waals surface area contributed by atoms with Gasteiger partial charge in [0.2, 0.25) is 0 Å². The molecule has 23 heavy (non-hydrogen) atoms. The van der Waals surface area contributed by atoms with Crippen LogP contribution in [0.3, 0.4) is 0 Å². The molecule has 2 rings (SSSR count). The quantitative estimate of drug-likeness (QED) is 0.792. The maximum atomic E-state index is 12.1. The van der Waals surface area contributed by atoms with Gasteiger partial charge in [-0.25, -0.2) is 0 Å². The molecule has 0 saturated carbocycles. The first-order chi connectivity index (χ1) is 10.7. The van der Waals surface area contributed by atoms with Gasteiger partial charge in [0.25, 0.3) is 0 Å². The Morgan fingerprint density at radius 3 is 2.13 bits per heavy atom. The molecule has 0 amide bonds. The van der Waals surface area contributed by atoms with Gasteiger partial charge in [0, 0.05) is 12.1 Å². The minimum atomic E-state index is -4.70. The van der Waals surface area contributed by atoms with Crippen LogP contribution in [0.1, 0.15) is 11.1 Å². The molecule has 0 saturated heterocycles. The lowest BCUT2D eigenvalue weighted by Crippen LogP contribution is -2.16. The minimum absolute atomic E-state index is 0.276. The number of aryl methyl sites for hydroxylation is 1. The van der Waals surface area contributed by atoms with Crippen LogP contribution in [-0.2, 0) is 6.54 Å². The Labute approximate surface area is 133 Å². The molecule has 0 atom stereocenters. The van der Waals surface area contributed by atoms with Crippen LogP contribution in [0.15, 0.2) is 42.5 Å². The summed E-state index contributed by atoms with van der Waals surface area (Å²) in [6.07, 6.45) is -4.70. The lowest BCUT2D eigenvalue weighted by Gasteiger charge is -2.16. The van der Waals surface area contributed by atoms with Gasteiger partial charge in [-0.3, -0.25) is 0 Å². The fraction of sp³-hybridized carbons (Fsp3) is 0.294. The van der Waals surface area contributed by atoms with Crippen LogP contribution in [-0.4, -0.2) is 25.4 Å². The summed E-state index contributed by atoms with van der Waals surface area (Å²) >= 11 is 0. The summed E-state index contributed by atoms with van der Waals surface area (Å²) in [4.78, 5) is 2.02. The average molecular weight is 325 g/mol. The molecule has 0 aliphatic rings. The van der Waals surface area contributed by atoms with E-state index in [1.807, 2.05) is 44.1 Å². The summed E-state index contributed by atoms with van der Waals surface area (Å²) in [6, 6.07) is 11.1. The SMILES string of the molecule is Cc1ccc(Oc2ccc(OC(F)(F)F)cc2)c(CN(C)C)c1. The van der Waals surface area contributed by atoms with Gasteiger partial charge in [-0.15, -0.1) is 13.2 Å². The third-order valence-electron chi connectivity index (χ3n) is 2.99. The van der Waals surface area contributed by atoms with E-state index < -0.39 is 6.36 Å². The first-order valence-corrected chi connectivity index (χ1v) is 7.01. The highest BCUT2D eigenvalue weighted by molar-refractivity contribution is 5.41. The van der Waals surface area contributed by atoms with E-state index in [0.29, 0.717) is 18.0 Å². The lowest BCUT2D eigenvalue weighted by atomic mass is 10.1. The largest absolute Gasteiger partial charge is 0.573 e. The average Bonchev–Trinajstić information content (AvgIpc) is 2.41. The van der Waals surface area contributed by atoms with E-state index in [1.165, 1.54) is 24.3 Å². The van der Waals surface area contributed by atoms with Crippen LogP contribution < -0.4 is 9.47 Å². The van der Waals surface area contributed by atoms with Crippen molar-refractivity contribution in [3.05, 3.63) is 53.6 Å². The lowest BCUT2D eigenvalue weighted by molar-refractivity contribution is -0.274. The number of alkyl halides is 3. The van der Waals surface area contributed by atoms with Gasteiger partial charge in [-0.1, -0.05) is 17.7 Å². The summed E-state index contributed by atoms with van der Waals surface area (Å²) in [5.74, 6) is 0.847. The van der Waals surface area contributed by atoms with Crippen LogP contribution in [0.2, 0.25) is 0 Å². The number of hydrogen-bond acceptors (Lipinski definition) is 3. The molecule has 0 aliphatic heterocycles. The molecule has 6 heteroatoms. The summed E-state index contributed by atoms with van der Waals surface area (Å²) < 4.78 is 46.1.